The molecule has 2 aromatic heterocycles. The number of nitrogens with zero attached hydrogens (tertiary/aromatic N) is 3. The molecule has 0 unspecified atom stereocenters. The highest BCUT2D eigenvalue weighted by Gasteiger charge is 2.34. The maximum Gasteiger partial charge on any atom is 0.276 e. The molecule has 152 valence electrons. The predicted octanol–water partition coefficient (Wildman–Crippen LogP) is 1.87. The van der Waals surface area contributed by atoms with E-state index in [1.54, 1.807) is 24.2 Å². The van der Waals surface area contributed by atoms with Crippen LogP contribution in [0.4, 0.5) is 10.1 Å². The molecule has 0 bridgehead atoms. The first kappa shape index (κ1) is 19.1. The molecule has 0 spiro atoms. The van der Waals surface area contributed by atoms with Gasteiger partial charge in [-0.3, -0.25) is 14.6 Å². The summed E-state index contributed by atoms with van der Waals surface area (Å²) in [6.45, 7) is 3.95. The Balaban J connectivity index is 1.45. The Kier molecular flexibility index (Phi) is 5.20. The number of ether oxygens (including phenoxy) is 1. The lowest BCUT2D eigenvalue weighted by Gasteiger charge is -2.32. The second-order valence-electron chi connectivity index (χ2n) is 8.19. The number of hydrogen-bond acceptors (Lipinski definition) is 5. The van der Waals surface area contributed by atoms with Crippen molar-refractivity contribution < 1.29 is 13.9 Å². The lowest BCUT2D eigenvalue weighted by molar-refractivity contribution is 0.0804. The summed E-state index contributed by atoms with van der Waals surface area (Å²) in [4.78, 5) is 12.7. The summed E-state index contributed by atoms with van der Waals surface area (Å²) in [5, 5.41) is 17.4. The topological polar surface area (TPSA) is 96.9 Å². The van der Waals surface area contributed by atoms with Crippen molar-refractivity contribution in [3.63, 3.8) is 0 Å². The number of halogens is 1. The number of nitrogens with one attached hydrogen (secondary N) is 3. The molecular formula is C19H27FN6O2. The molecule has 3 N–H and O–H groups in total. The van der Waals surface area contributed by atoms with Gasteiger partial charge in [0.2, 0.25) is 0 Å². The van der Waals surface area contributed by atoms with Crippen molar-refractivity contribution in [3.05, 3.63) is 29.3 Å². The maximum atomic E-state index is 14.1. The Bertz CT molecular complexity index is 849. The Morgan fingerprint density at radius 3 is 3.18 bits per heavy atom. The first-order valence-electron chi connectivity index (χ1n) is 9.74. The summed E-state index contributed by atoms with van der Waals surface area (Å²) >= 11 is 0. The van der Waals surface area contributed by atoms with E-state index >= 15 is 0 Å². The second kappa shape index (κ2) is 7.63. The van der Waals surface area contributed by atoms with Crippen LogP contribution in [0, 0.1) is 5.41 Å². The van der Waals surface area contributed by atoms with Crippen LogP contribution in [-0.2, 0) is 17.6 Å². The van der Waals surface area contributed by atoms with Crippen LogP contribution in [-0.4, -0.2) is 58.9 Å². The lowest BCUT2D eigenvalue weighted by atomic mass is 9.75. The number of rotatable bonds is 5. The average molecular weight is 390 g/mol. The fourth-order valence-electron chi connectivity index (χ4n) is 4.30. The van der Waals surface area contributed by atoms with Crippen LogP contribution in [0.5, 0.6) is 0 Å². The van der Waals surface area contributed by atoms with E-state index in [0.717, 1.165) is 37.1 Å². The van der Waals surface area contributed by atoms with Crippen LogP contribution >= 0.6 is 0 Å². The zero-order valence-electron chi connectivity index (χ0n) is 16.3. The van der Waals surface area contributed by atoms with E-state index < -0.39 is 6.17 Å². The van der Waals surface area contributed by atoms with Crippen molar-refractivity contribution in [2.75, 3.05) is 32.1 Å². The molecule has 28 heavy (non-hydrogen) atoms. The van der Waals surface area contributed by atoms with E-state index in [2.05, 4.69) is 32.9 Å². The molecule has 1 aliphatic carbocycles. The Morgan fingerprint density at radius 2 is 2.39 bits per heavy atom. The van der Waals surface area contributed by atoms with Gasteiger partial charge in [-0.05, 0) is 37.6 Å². The van der Waals surface area contributed by atoms with Gasteiger partial charge in [0.1, 0.15) is 6.17 Å². The largest absolute Gasteiger partial charge is 0.384 e. The maximum absolute atomic E-state index is 14.1. The molecule has 0 aromatic carbocycles. The minimum absolute atomic E-state index is 0.0565. The third-order valence-corrected chi connectivity index (χ3v) is 5.82. The summed E-state index contributed by atoms with van der Waals surface area (Å²) in [6, 6.07) is -0.302. The van der Waals surface area contributed by atoms with E-state index in [-0.39, 0.29) is 17.4 Å². The molecule has 2 aromatic rings. The molecule has 9 heteroatoms. The van der Waals surface area contributed by atoms with Crippen molar-refractivity contribution in [1.82, 2.24) is 25.3 Å². The third-order valence-electron chi connectivity index (χ3n) is 5.82. The number of carbonyl (C=O) groups is 1. The number of methoxy groups -OCH3 is 1. The fourth-order valence-corrected chi connectivity index (χ4v) is 4.30. The molecule has 4 rings (SSSR count). The first-order valence-corrected chi connectivity index (χ1v) is 9.74. The molecule has 2 aliphatic rings. The van der Waals surface area contributed by atoms with Crippen molar-refractivity contribution in [2.45, 2.75) is 44.8 Å². The van der Waals surface area contributed by atoms with Crippen LogP contribution in [0.1, 0.15) is 47.6 Å². The van der Waals surface area contributed by atoms with Crippen molar-refractivity contribution in [1.29, 1.82) is 0 Å². The van der Waals surface area contributed by atoms with Gasteiger partial charge in [0.05, 0.1) is 24.5 Å². The Morgan fingerprint density at radius 1 is 1.54 bits per heavy atom. The van der Waals surface area contributed by atoms with E-state index in [4.69, 9.17) is 4.74 Å². The van der Waals surface area contributed by atoms with Crippen LogP contribution in [0.25, 0.3) is 0 Å². The van der Waals surface area contributed by atoms with Gasteiger partial charge in [0.25, 0.3) is 5.91 Å². The fraction of sp³-hybridized carbons (Fsp3) is 0.632. The quantitative estimate of drug-likeness (QED) is 0.724. The molecule has 1 aliphatic heterocycles. The zero-order chi connectivity index (χ0) is 19.7. The van der Waals surface area contributed by atoms with Crippen LogP contribution < -0.4 is 10.6 Å². The van der Waals surface area contributed by atoms with E-state index in [0.29, 0.717) is 31.0 Å². The molecule has 3 heterocycles. The van der Waals surface area contributed by atoms with Crippen molar-refractivity contribution in [2.24, 2.45) is 5.41 Å². The normalized spacial score (nSPS) is 27.4. The summed E-state index contributed by atoms with van der Waals surface area (Å²) in [7, 11) is 1.71. The van der Waals surface area contributed by atoms with Gasteiger partial charge in [0.15, 0.2) is 5.69 Å². The van der Waals surface area contributed by atoms with Gasteiger partial charge in [-0.2, -0.15) is 10.2 Å². The molecule has 1 saturated heterocycles. The van der Waals surface area contributed by atoms with E-state index in [1.165, 1.54) is 0 Å². The highest BCUT2D eigenvalue weighted by molar-refractivity contribution is 6.03. The van der Waals surface area contributed by atoms with Gasteiger partial charge in [-0.15, -0.1) is 0 Å². The number of alkyl halides is 1. The van der Waals surface area contributed by atoms with Gasteiger partial charge in [-0.25, -0.2) is 4.39 Å². The van der Waals surface area contributed by atoms with Crippen LogP contribution in [0.2, 0.25) is 0 Å². The smallest absolute Gasteiger partial charge is 0.276 e. The molecule has 1 amide bonds. The summed E-state index contributed by atoms with van der Waals surface area (Å²) in [5.41, 5.74) is 3.00. The number of amides is 1. The number of fused-ring (bicyclic) bond motifs is 1. The van der Waals surface area contributed by atoms with Gasteiger partial charge < -0.3 is 15.4 Å². The SMILES string of the molecule is COC[C@@]1(C)CCc2c(C(=O)Nc3cnn([C@@H]4CCNC[C@H]4F)c3)n[nH]c2C1. The van der Waals surface area contributed by atoms with Gasteiger partial charge in [0, 0.05) is 31.1 Å². The number of carbonyl (C=O) groups excluding carboxylic acids is 1. The van der Waals surface area contributed by atoms with Gasteiger partial charge in [-0.1, -0.05) is 6.92 Å². The third kappa shape index (κ3) is 3.68. The zero-order valence-corrected chi connectivity index (χ0v) is 16.3. The first-order chi connectivity index (χ1) is 13.5. The molecule has 0 radical (unpaired) electrons. The number of hydrogen-bond donors (Lipinski definition) is 3. The van der Waals surface area contributed by atoms with Crippen LogP contribution in [0.3, 0.4) is 0 Å². The van der Waals surface area contributed by atoms with Gasteiger partial charge >= 0.3 is 0 Å². The molecule has 3 atom stereocenters. The standard InChI is InChI=1S/C19H27FN6O2/c1-19(11-28-2)5-3-13-15(7-19)24-25-17(13)18(27)23-12-8-22-26(10-12)16-4-6-21-9-14(16)20/h8,10,14,16,21H,3-7,9,11H2,1-2H3,(H,23,27)(H,24,25)/t14-,16-,19+/m1/s1. The second-order valence-corrected chi connectivity index (χ2v) is 8.19. The van der Waals surface area contributed by atoms with Crippen molar-refractivity contribution in [3.8, 4) is 0 Å². The summed E-state index contributed by atoms with van der Waals surface area (Å²) in [5.74, 6) is -0.269. The highest BCUT2D eigenvalue weighted by Crippen LogP contribution is 2.36. The minimum Gasteiger partial charge on any atom is -0.384 e. The van der Waals surface area contributed by atoms with Crippen molar-refractivity contribution >= 4 is 11.6 Å². The monoisotopic (exact) mass is 390 g/mol. The highest BCUT2D eigenvalue weighted by atomic mass is 19.1. The lowest BCUT2D eigenvalue weighted by Crippen LogP contribution is -2.39. The predicted molar refractivity (Wildman–Crippen MR) is 102 cm³/mol. The number of aromatic nitrogens is 4. The number of aromatic amines is 1. The van der Waals surface area contributed by atoms with Crippen LogP contribution in [0.15, 0.2) is 12.4 Å². The number of piperidine rings is 1. The minimum atomic E-state index is -0.989. The van der Waals surface area contributed by atoms with E-state index in [1.807, 2.05) is 0 Å². The molecule has 0 saturated carbocycles. The molecule has 1 fully saturated rings. The Hall–Kier alpha value is -2.26. The average Bonchev–Trinajstić information content (AvgIpc) is 3.28. The van der Waals surface area contributed by atoms with E-state index in [9.17, 15) is 9.18 Å². The summed E-state index contributed by atoms with van der Waals surface area (Å²) in [6.07, 6.45) is 5.46. The number of H-pyrrole nitrogens is 1. The molecular weight excluding hydrogens is 363 g/mol. The number of anilines is 1. The summed E-state index contributed by atoms with van der Waals surface area (Å²) < 4.78 is 21.0. The molecule has 8 nitrogen and oxygen atoms in total. The Labute approximate surface area is 163 Å².